The predicted molar refractivity (Wildman–Crippen MR) is 129 cm³/mol. The third-order valence-electron chi connectivity index (χ3n) is 5.06. The van der Waals surface area contributed by atoms with E-state index in [0.717, 1.165) is 44.6 Å². The smallest absolute Gasteiger partial charge is 0.257 e. The van der Waals surface area contributed by atoms with E-state index in [2.05, 4.69) is 21.7 Å². The van der Waals surface area contributed by atoms with Crippen LogP contribution in [0.5, 0.6) is 0 Å². The minimum atomic E-state index is -0.233. The van der Waals surface area contributed by atoms with Crippen LogP contribution in [-0.2, 0) is 0 Å². The summed E-state index contributed by atoms with van der Waals surface area (Å²) in [7, 11) is 0. The fourth-order valence-corrected chi connectivity index (χ4v) is 3.81. The summed E-state index contributed by atoms with van der Waals surface area (Å²) in [4.78, 5) is 17.1. The summed E-state index contributed by atoms with van der Waals surface area (Å²) in [5.41, 5.74) is 8.13. The van der Waals surface area contributed by atoms with Gasteiger partial charge < -0.3 is 9.73 Å². The van der Waals surface area contributed by atoms with E-state index >= 15 is 0 Å². The molecule has 1 amide bonds. The number of benzene rings is 3. The molecule has 31 heavy (non-hydrogen) atoms. The normalized spacial score (nSPS) is 10.8. The highest BCUT2D eigenvalue weighted by atomic mass is 32.1. The molecule has 0 aliphatic rings. The lowest BCUT2D eigenvalue weighted by Crippen LogP contribution is -2.34. The maximum atomic E-state index is 12.5. The Bertz CT molecular complexity index is 1310. The molecule has 0 radical (unpaired) electrons. The largest absolute Gasteiger partial charge is 0.436 e. The first kappa shape index (κ1) is 20.8. The third-order valence-corrected chi connectivity index (χ3v) is 5.27. The predicted octanol–water partition coefficient (Wildman–Crippen LogP) is 5.86. The van der Waals surface area contributed by atoms with Crippen LogP contribution in [-0.4, -0.2) is 16.0 Å². The minimum absolute atomic E-state index is 0.233. The van der Waals surface area contributed by atoms with Crippen LogP contribution >= 0.6 is 12.2 Å². The average Bonchev–Trinajstić information content (AvgIpc) is 3.12. The van der Waals surface area contributed by atoms with E-state index in [1.165, 1.54) is 0 Å². The van der Waals surface area contributed by atoms with Crippen molar-refractivity contribution in [1.29, 1.82) is 0 Å². The van der Waals surface area contributed by atoms with Gasteiger partial charge in [0.1, 0.15) is 5.52 Å². The first-order valence-electron chi connectivity index (χ1n) is 9.98. The highest BCUT2D eigenvalue weighted by Gasteiger charge is 2.13. The molecule has 0 spiro atoms. The van der Waals surface area contributed by atoms with Gasteiger partial charge in [-0.25, -0.2) is 4.98 Å². The maximum Gasteiger partial charge on any atom is 0.257 e. The second-order valence-corrected chi connectivity index (χ2v) is 8.16. The number of aryl methyl sites for hydroxylation is 4. The second-order valence-electron chi connectivity index (χ2n) is 7.75. The number of aromatic nitrogens is 1. The number of nitrogens with one attached hydrogen (secondary N) is 2. The standard InChI is InChI=1S/C25H23N3O2S/c1-14-5-10-20(16(3)11-14)23(29)28-25(31)26-19-8-6-18(7-9-19)24-27-21-13-15(2)12-17(4)22(21)30-24/h5-13H,1-4H3,(H2,26,28,29,31). The van der Waals surface area contributed by atoms with Crippen molar-refractivity contribution in [1.82, 2.24) is 10.3 Å². The Balaban J connectivity index is 1.45. The Morgan fingerprint density at radius 1 is 0.903 bits per heavy atom. The van der Waals surface area contributed by atoms with Crippen molar-refractivity contribution < 1.29 is 9.21 Å². The number of rotatable bonds is 3. The molecule has 0 saturated heterocycles. The summed E-state index contributed by atoms with van der Waals surface area (Å²) in [6.45, 7) is 7.97. The SMILES string of the molecule is Cc1ccc(C(=O)NC(=S)Nc2ccc(-c3nc4cc(C)cc(C)c4o3)cc2)c(C)c1. The van der Waals surface area contributed by atoms with Crippen molar-refractivity contribution in [3.8, 4) is 11.5 Å². The van der Waals surface area contributed by atoms with Crippen LogP contribution in [0.3, 0.4) is 0 Å². The first-order chi connectivity index (χ1) is 14.8. The van der Waals surface area contributed by atoms with E-state index < -0.39 is 0 Å². The van der Waals surface area contributed by atoms with Gasteiger partial charge in [0, 0.05) is 16.8 Å². The zero-order chi connectivity index (χ0) is 22.1. The summed E-state index contributed by atoms with van der Waals surface area (Å²) in [6, 6.07) is 17.3. The summed E-state index contributed by atoms with van der Waals surface area (Å²) in [5, 5.41) is 6.02. The van der Waals surface area contributed by atoms with E-state index in [0.29, 0.717) is 11.5 Å². The van der Waals surface area contributed by atoms with Gasteiger partial charge in [0.15, 0.2) is 10.7 Å². The van der Waals surface area contributed by atoms with Crippen LogP contribution < -0.4 is 10.6 Å². The van der Waals surface area contributed by atoms with Crippen LogP contribution in [0.2, 0.25) is 0 Å². The number of carbonyl (C=O) groups excluding carboxylic acids is 1. The molecule has 1 heterocycles. The van der Waals surface area contributed by atoms with Gasteiger partial charge in [-0.15, -0.1) is 0 Å². The molecule has 0 aliphatic carbocycles. The zero-order valence-corrected chi connectivity index (χ0v) is 18.7. The molecule has 0 bridgehead atoms. The van der Waals surface area contributed by atoms with Gasteiger partial charge in [0.25, 0.3) is 5.91 Å². The molecule has 5 nitrogen and oxygen atoms in total. The van der Waals surface area contributed by atoms with Crippen molar-refractivity contribution in [3.63, 3.8) is 0 Å². The number of oxazole rings is 1. The van der Waals surface area contributed by atoms with Crippen LogP contribution in [0.1, 0.15) is 32.6 Å². The molecular weight excluding hydrogens is 406 g/mol. The number of amides is 1. The van der Waals surface area contributed by atoms with Gasteiger partial charge in [-0.3, -0.25) is 10.1 Å². The quantitative estimate of drug-likeness (QED) is 0.400. The molecule has 0 atom stereocenters. The molecule has 2 N–H and O–H groups in total. The number of carbonyl (C=O) groups is 1. The fourth-order valence-electron chi connectivity index (χ4n) is 3.60. The second kappa shape index (κ2) is 8.32. The van der Waals surface area contributed by atoms with Crippen LogP contribution in [0, 0.1) is 27.7 Å². The van der Waals surface area contributed by atoms with E-state index in [-0.39, 0.29) is 11.0 Å². The Morgan fingerprint density at radius 3 is 2.32 bits per heavy atom. The summed E-state index contributed by atoms with van der Waals surface area (Å²) in [5.74, 6) is 0.338. The fraction of sp³-hybridized carbons (Fsp3) is 0.160. The lowest BCUT2D eigenvalue weighted by Gasteiger charge is -2.11. The molecule has 0 saturated carbocycles. The molecule has 3 aromatic carbocycles. The summed E-state index contributed by atoms with van der Waals surface area (Å²) >= 11 is 5.30. The van der Waals surface area contributed by atoms with Gasteiger partial charge >= 0.3 is 0 Å². The van der Waals surface area contributed by atoms with E-state index in [1.54, 1.807) is 6.07 Å². The summed E-state index contributed by atoms with van der Waals surface area (Å²) < 4.78 is 5.97. The number of hydrogen-bond donors (Lipinski definition) is 2. The topological polar surface area (TPSA) is 67.2 Å². The van der Waals surface area contributed by atoms with Crippen LogP contribution in [0.25, 0.3) is 22.6 Å². The van der Waals surface area contributed by atoms with Crippen molar-refractivity contribution in [3.05, 3.63) is 82.4 Å². The average molecular weight is 430 g/mol. The van der Waals surface area contributed by atoms with Crippen molar-refractivity contribution >= 4 is 40.0 Å². The van der Waals surface area contributed by atoms with Crippen molar-refractivity contribution in [2.75, 3.05) is 5.32 Å². The van der Waals surface area contributed by atoms with E-state index in [9.17, 15) is 4.79 Å². The third kappa shape index (κ3) is 4.49. The molecule has 4 rings (SSSR count). The molecule has 0 aliphatic heterocycles. The number of anilines is 1. The molecule has 1 aromatic heterocycles. The van der Waals surface area contributed by atoms with Crippen molar-refractivity contribution in [2.45, 2.75) is 27.7 Å². The van der Waals surface area contributed by atoms with Crippen molar-refractivity contribution in [2.24, 2.45) is 0 Å². The van der Waals surface area contributed by atoms with Crippen LogP contribution in [0.4, 0.5) is 5.69 Å². The minimum Gasteiger partial charge on any atom is -0.436 e. The molecule has 156 valence electrons. The molecular formula is C25H23N3O2S. The van der Waals surface area contributed by atoms with Crippen LogP contribution in [0.15, 0.2) is 59.0 Å². The Morgan fingerprint density at radius 2 is 1.61 bits per heavy atom. The highest BCUT2D eigenvalue weighted by molar-refractivity contribution is 7.80. The highest BCUT2D eigenvalue weighted by Crippen LogP contribution is 2.28. The maximum absolute atomic E-state index is 12.5. The Labute approximate surface area is 186 Å². The Kier molecular flexibility index (Phi) is 5.57. The number of fused-ring (bicyclic) bond motifs is 1. The molecule has 0 fully saturated rings. The first-order valence-corrected chi connectivity index (χ1v) is 10.4. The van der Waals surface area contributed by atoms with Gasteiger partial charge in [-0.05, 0) is 93.0 Å². The monoisotopic (exact) mass is 429 g/mol. The lowest BCUT2D eigenvalue weighted by molar-refractivity contribution is 0.0977. The van der Waals surface area contributed by atoms with Gasteiger partial charge in [-0.1, -0.05) is 23.8 Å². The van der Waals surface area contributed by atoms with Gasteiger partial charge in [-0.2, -0.15) is 0 Å². The molecule has 6 heteroatoms. The van der Waals surface area contributed by atoms with E-state index in [1.807, 2.05) is 70.2 Å². The zero-order valence-electron chi connectivity index (χ0n) is 17.9. The Hall–Kier alpha value is -3.51. The van der Waals surface area contributed by atoms with Gasteiger partial charge in [0.05, 0.1) is 0 Å². The molecule has 0 unspecified atom stereocenters. The molecule has 4 aromatic rings. The lowest BCUT2D eigenvalue weighted by atomic mass is 10.1. The number of hydrogen-bond acceptors (Lipinski definition) is 4. The summed E-state index contributed by atoms with van der Waals surface area (Å²) in [6.07, 6.45) is 0. The number of thiocarbonyl (C=S) groups is 1. The number of nitrogens with zero attached hydrogens (tertiary/aromatic N) is 1. The van der Waals surface area contributed by atoms with E-state index in [4.69, 9.17) is 16.6 Å². The van der Waals surface area contributed by atoms with Gasteiger partial charge in [0.2, 0.25) is 5.89 Å².